The zero-order valence-electron chi connectivity index (χ0n) is 4.01. The van der Waals surface area contributed by atoms with Crippen molar-refractivity contribution in [2.24, 2.45) is 0 Å². The fourth-order valence-electron chi connectivity index (χ4n) is 0.291. The molecule has 1 unspecified atom stereocenters. The highest BCUT2D eigenvalue weighted by Gasteiger charge is 1.98. The molecule has 9 heavy (non-hydrogen) atoms. The summed E-state index contributed by atoms with van der Waals surface area (Å²) in [4.78, 5) is 0. The second-order valence-electron chi connectivity index (χ2n) is 1.11. The second kappa shape index (κ2) is 2.33. The molecule has 0 bridgehead atoms. The number of aromatic amines is 1. The van der Waals surface area contributed by atoms with E-state index in [1.807, 2.05) is 0 Å². The van der Waals surface area contributed by atoms with Gasteiger partial charge in [-0.1, -0.05) is 5.10 Å². The maximum absolute atomic E-state index is 10.2. The van der Waals surface area contributed by atoms with Gasteiger partial charge in [-0.3, -0.25) is 4.55 Å². The number of hydrogen-bond donors (Lipinski definition) is 2. The highest BCUT2D eigenvalue weighted by Crippen LogP contribution is 1.81. The Labute approximate surface area is 57.3 Å². The molecule has 0 aliphatic carbocycles. The highest BCUT2D eigenvalue weighted by molar-refractivity contribution is 7.78. The van der Waals surface area contributed by atoms with Crippen LogP contribution in [0.2, 0.25) is 0 Å². The monoisotopic (exact) mass is 166 g/mol. The molecule has 50 valence electrons. The summed E-state index contributed by atoms with van der Waals surface area (Å²) in [5.41, 5.74) is 0. The molecule has 1 heterocycles. The summed E-state index contributed by atoms with van der Waals surface area (Å²) in [5.74, 6) is 0. The van der Waals surface area contributed by atoms with Crippen molar-refractivity contribution in [3.8, 4) is 0 Å². The van der Waals surface area contributed by atoms with E-state index in [9.17, 15) is 4.21 Å². The van der Waals surface area contributed by atoms with Crippen molar-refractivity contribution in [1.82, 2.24) is 19.6 Å². The van der Waals surface area contributed by atoms with Gasteiger partial charge >= 0.3 is 0 Å². The van der Waals surface area contributed by atoms with Crippen LogP contribution < -0.4 is 0 Å². The quantitative estimate of drug-likeness (QED) is 0.426. The Morgan fingerprint density at radius 2 is 2.56 bits per heavy atom. The van der Waals surface area contributed by atoms with Gasteiger partial charge in [-0.15, -0.1) is 4.09 Å². The zero-order valence-corrected chi connectivity index (χ0v) is 5.65. The van der Waals surface area contributed by atoms with E-state index < -0.39 is 11.3 Å². The first-order valence-electron chi connectivity index (χ1n) is 1.83. The van der Waals surface area contributed by atoms with Crippen LogP contribution in [-0.4, -0.2) is 28.4 Å². The number of nitrogens with one attached hydrogen (secondary N) is 1. The van der Waals surface area contributed by atoms with Crippen molar-refractivity contribution in [3.63, 3.8) is 0 Å². The molecule has 0 radical (unpaired) electrons. The number of rotatable bonds is 1. The van der Waals surface area contributed by atoms with Crippen LogP contribution in [0, 0.1) is 4.77 Å². The minimum atomic E-state index is -2.18. The number of hydrogen-bond acceptors (Lipinski definition) is 4. The van der Waals surface area contributed by atoms with Crippen LogP contribution in [0.25, 0.3) is 0 Å². The lowest BCUT2D eigenvalue weighted by molar-refractivity contribution is 0.544. The van der Waals surface area contributed by atoms with E-state index in [4.69, 9.17) is 4.55 Å². The first kappa shape index (κ1) is 6.52. The van der Waals surface area contributed by atoms with Gasteiger partial charge in [0.1, 0.15) is 0 Å². The van der Waals surface area contributed by atoms with Gasteiger partial charge in [0.05, 0.1) is 0 Å². The molecule has 1 atom stereocenters. The van der Waals surface area contributed by atoms with Gasteiger partial charge in [-0.25, -0.2) is 4.21 Å². The Morgan fingerprint density at radius 3 is 2.78 bits per heavy atom. The molecule has 6 nitrogen and oxygen atoms in total. The van der Waals surface area contributed by atoms with E-state index in [-0.39, 0.29) is 4.77 Å². The summed E-state index contributed by atoms with van der Waals surface area (Å²) < 4.78 is 19.2. The van der Waals surface area contributed by atoms with Crippen molar-refractivity contribution >= 4 is 23.5 Å². The molecule has 1 rings (SSSR count). The lowest BCUT2D eigenvalue weighted by Crippen LogP contribution is -2.04. The first-order chi connectivity index (χ1) is 4.22. The van der Waals surface area contributed by atoms with E-state index >= 15 is 0 Å². The van der Waals surface area contributed by atoms with Crippen molar-refractivity contribution < 1.29 is 8.76 Å². The van der Waals surface area contributed by atoms with Crippen LogP contribution in [0.3, 0.4) is 0 Å². The lowest BCUT2D eigenvalue weighted by Gasteiger charge is -1.86. The van der Waals surface area contributed by atoms with Crippen LogP contribution in [0.4, 0.5) is 0 Å². The fourth-order valence-corrected chi connectivity index (χ4v) is 0.840. The van der Waals surface area contributed by atoms with E-state index in [0.717, 1.165) is 4.09 Å². The molecule has 0 amide bonds. The molecule has 0 aliphatic rings. The van der Waals surface area contributed by atoms with Gasteiger partial charge in [0.15, 0.2) is 0 Å². The summed E-state index contributed by atoms with van der Waals surface area (Å²) in [7, 11) is 0. The summed E-state index contributed by atoms with van der Waals surface area (Å²) in [6.45, 7) is 0. The SMILES string of the molecule is O=S(O)n1[nH]nnc1=S. The normalized spacial score (nSPS) is 13.4. The third-order valence-electron chi connectivity index (χ3n) is 0.601. The number of nitrogens with zero attached hydrogens (tertiary/aromatic N) is 3. The van der Waals surface area contributed by atoms with Crippen molar-refractivity contribution in [1.29, 1.82) is 0 Å². The van der Waals surface area contributed by atoms with E-state index in [1.54, 1.807) is 0 Å². The summed E-state index contributed by atoms with van der Waals surface area (Å²) in [6, 6.07) is 0. The van der Waals surface area contributed by atoms with Gasteiger partial charge in [-0.05, 0) is 17.4 Å². The second-order valence-corrected chi connectivity index (χ2v) is 2.30. The number of tetrazole rings is 1. The molecular formula is CH2N4O2S2. The van der Waals surface area contributed by atoms with Gasteiger partial charge < -0.3 is 0 Å². The van der Waals surface area contributed by atoms with Gasteiger partial charge in [0, 0.05) is 0 Å². The van der Waals surface area contributed by atoms with Gasteiger partial charge in [0.2, 0.25) is 0 Å². The molecule has 0 spiro atoms. The number of H-pyrrole nitrogens is 1. The Hall–Kier alpha value is -0.600. The van der Waals surface area contributed by atoms with Crippen molar-refractivity contribution in [3.05, 3.63) is 4.77 Å². The molecule has 8 heteroatoms. The summed E-state index contributed by atoms with van der Waals surface area (Å²) >= 11 is 2.29. The molecule has 0 saturated carbocycles. The largest absolute Gasteiger partial charge is 0.288 e. The Kier molecular flexibility index (Phi) is 1.69. The molecule has 0 aromatic carbocycles. The standard InChI is InChI=1S/CH2N4O2S2/c6-9(7)5-1(8)2-3-4-5/h(H,6,7)(H,2,4,8). The smallest absolute Gasteiger partial charge is 0.285 e. The predicted octanol–water partition coefficient (Wildman–Crippen LogP) is -0.680. The first-order valence-corrected chi connectivity index (χ1v) is 3.30. The summed E-state index contributed by atoms with van der Waals surface area (Å²) in [5, 5.41) is 8.54. The molecule has 1 aromatic rings. The average molecular weight is 166 g/mol. The lowest BCUT2D eigenvalue weighted by atomic mass is 11.4. The molecule has 0 fully saturated rings. The van der Waals surface area contributed by atoms with Crippen LogP contribution in [0.15, 0.2) is 0 Å². The Balaban J connectivity index is 3.24. The topological polar surface area (TPSA) is 83.8 Å². The van der Waals surface area contributed by atoms with Crippen LogP contribution in [-0.2, 0) is 11.3 Å². The Morgan fingerprint density at radius 1 is 1.89 bits per heavy atom. The van der Waals surface area contributed by atoms with E-state index in [0.29, 0.717) is 0 Å². The maximum atomic E-state index is 10.2. The van der Waals surface area contributed by atoms with E-state index in [2.05, 4.69) is 27.7 Å². The molecule has 0 saturated heterocycles. The maximum Gasteiger partial charge on any atom is 0.285 e. The number of aromatic nitrogens is 4. The van der Waals surface area contributed by atoms with Gasteiger partial charge in [0.25, 0.3) is 16.0 Å². The van der Waals surface area contributed by atoms with Crippen molar-refractivity contribution in [2.75, 3.05) is 0 Å². The highest BCUT2D eigenvalue weighted by atomic mass is 32.2. The van der Waals surface area contributed by atoms with E-state index in [1.165, 1.54) is 0 Å². The van der Waals surface area contributed by atoms with Crippen LogP contribution in [0.1, 0.15) is 0 Å². The molecule has 1 aromatic heterocycles. The minimum absolute atomic E-state index is 0.0455. The predicted molar refractivity (Wildman–Crippen MR) is 31.4 cm³/mol. The van der Waals surface area contributed by atoms with Gasteiger partial charge in [-0.2, -0.15) is 5.21 Å². The third-order valence-corrected chi connectivity index (χ3v) is 1.55. The van der Waals surface area contributed by atoms with Crippen LogP contribution >= 0.6 is 12.2 Å². The molecular weight excluding hydrogens is 164 g/mol. The third kappa shape index (κ3) is 1.20. The molecule has 2 N–H and O–H groups in total. The minimum Gasteiger partial charge on any atom is -0.288 e. The fraction of sp³-hybridized carbons (Fsp3) is 0. The van der Waals surface area contributed by atoms with Crippen LogP contribution in [0.5, 0.6) is 0 Å². The van der Waals surface area contributed by atoms with Crippen molar-refractivity contribution in [2.45, 2.75) is 0 Å². The Bertz CT molecular complexity index is 274. The molecule has 0 aliphatic heterocycles. The average Bonchev–Trinajstić information content (AvgIpc) is 2.13. The summed E-state index contributed by atoms with van der Waals surface area (Å²) in [6.07, 6.45) is 0. The zero-order chi connectivity index (χ0) is 6.85.